The van der Waals surface area contributed by atoms with Gasteiger partial charge in [0.1, 0.15) is 0 Å². The number of benzene rings is 1. The minimum absolute atomic E-state index is 0.0137. The minimum Gasteiger partial charge on any atom is -0.481 e. The van der Waals surface area contributed by atoms with Crippen LogP contribution in [0, 0.1) is 5.92 Å². The highest BCUT2D eigenvalue weighted by Crippen LogP contribution is 2.40. The van der Waals surface area contributed by atoms with E-state index in [0.29, 0.717) is 25.8 Å². The van der Waals surface area contributed by atoms with E-state index in [4.69, 9.17) is 19.6 Å². The molecule has 12 nitrogen and oxygen atoms in total. The Labute approximate surface area is 218 Å². The fourth-order valence-corrected chi connectivity index (χ4v) is 5.83. The number of carboxylic acids is 1. The van der Waals surface area contributed by atoms with Crippen LogP contribution in [0.15, 0.2) is 35.4 Å². The van der Waals surface area contributed by atoms with Crippen LogP contribution >= 0.6 is 0 Å². The summed E-state index contributed by atoms with van der Waals surface area (Å²) in [5, 5.41) is 13.6. The summed E-state index contributed by atoms with van der Waals surface area (Å²) < 4.78 is 46.9. The SMILES string of the molecule is CC1(C)OB(CCC[C@H]2CN(S(=O)(=O)NCCOCc3ccccc3)C[C@@]2(N=[N+]=[N-])C(=O)O)OC1(C)C. The van der Waals surface area contributed by atoms with Gasteiger partial charge in [-0.15, -0.1) is 0 Å². The van der Waals surface area contributed by atoms with E-state index in [0.717, 1.165) is 9.87 Å². The van der Waals surface area contributed by atoms with Crippen molar-refractivity contribution in [1.82, 2.24) is 9.03 Å². The molecule has 0 aliphatic carbocycles. The molecule has 14 heteroatoms. The molecule has 2 aliphatic rings. The standard InChI is InChI=1S/C23H36BN5O7S/c1-21(2)22(3,4)36-24(35-21)12-8-11-19-15-29(17-23(19,20(30)31)27-28-25)37(32,33)26-13-14-34-16-18-9-6-5-7-10-18/h5-7,9-10,19,26H,8,11-17H2,1-4H3,(H,30,31)/t19-,23-/m0/s1. The number of hydrogen-bond donors (Lipinski definition) is 2. The molecule has 1 aromatic carbocycles. The van der Waals surface area contributed by atoms with Gasteiger partial charge in [-0.05, 0) is 57.4 Å². The van der Waals surface area contributed by atoms with Gasteiger partial charge in [-0.1, -0.05) is 41.9 Å². The molecule has 1 aromatic rings. The van der Waals surface area contributed by atoms with E-state index in [9.17, 15) is 18.3 Å². The number of carbonyl (C=O) groups is 1. The number of carboxylic acid groups (broad SMARTS) is 1. The fourth-order valence-electron chi connectivity index (χ4n) is 4.56. The maximum Gasteiger partial charge on any atom is 0.457 e. The highest BCUT2D eigenvalue weighted by atomic mass is 32.2. The zero-order chi connectivity index (χ0) is 27.3. The van der Waals surface area contributed by atoms with Crippen LogP contribution < -0.4 is 4.72 Å². The van der Waals surface area contributed by atoms with Crippen molar-refractivity contribution in [3.63, 3.8) is 0 Å². The highest BCUT2D eigenvalue weighted by Gasteiger charge is 2.55. The second-order valence-corrected chi connectivity index (χ2v) is 12.2. The zero-order valence-corrected chi connectivity index (χ0v) is 22.6. The summed E-state index contributed by atoms with van der Waals surface area (Å²) >= 11 is 0. The largest absolute Gasteiger partial charge is 0.481 e. The van der Waals surface area contributed by atoms with Crippen LogP contribution in [0.5, 0.6) is 0 Å². The van der Waals surface area contributed by atoms with Gasteiger partial charge in [0.2, 0.25) is 0 Å². The van der Waals surface area contributed by atoms with E-state index in [1.807, 2.05) is 58.0 Å². The molecule has 2 atom stereocenters. The number of ether oxygens (including phenoxy) is 1. The van der Waals surface area contributed by atoms with Crippen LogP contribution in [0.2, 0.25) is 6.32 Å². The topological polar surface area (TPSA) is 163 Å². The molecule has 0 bridgehead atoms. The summed E-state index contributed by atoms with van der Waals surface area (Å²) in [5.41, 5.74) is 7.21. The van der Waals surface area contributed by atoms with E-state index in [2.05, 4.69) is 14.7 Å². The first-order valence-electron chi connectivity index (χ1n) is 12.3. The molecule has 0 aromatic heterocycles. The van der Waals surface area contributed by atoms with Crippen LogP contribution in [0.25, 0.3) is 10.4 Å². The van der Waals surface area contributed by atoms with Crippen molar-refractivity contribution in [1.29, 1.82) is 0 Å². The molecule has 0 unspecified atom stereocenters. The summed E-state index contributed by atoms with van der Waals surface area (Å²) in [6.07, 6.45) is 1.33. The molecule has 0 saturated carbocycles. The predicted molar refractivity (Wildman–Crippen MR) is 138 cm³/mol. The van der Waals surface area contributed by atoms with Crippen LogP contribution in [0.1, 0.15) is 46.1 Å². The summed E-state index contributed by atoms with van der Waals surface area (Å²) in [4.78, 5) is 15.0. The Balaban J connectivity index is 1.58. The second kappa shape index (κ2) is 11.7. The number of azide groups is 1. The first-order valence-corrected chi connectivity index (χ1v) is 13.8. The average Bonchev–Trinajstić information content (AvgIpc) is 3.29. The first kappa shape index (κ1) is 29.4. The lowest BCUT2D eigenvalue weighted by molar-refractivity contribution is -0.144. The molecule has 0 amide bonds. The van der Waals surface area contributed by atoms with Gasteiger partial charge in [0.25, 0.3) is 10.2 Å². The van der Waals surface area contributed by atoms with Crippen molar-refractivity contribution in [3.8, 4) is 0 Å². The van der Waals surface area contributed by atoms with Gasteiger partial charge in [0.05, 0.1) is 24.4 Å². The Bertz CT molecular complexity index is 1080. The van der Waals surface area contributed by atoms with Gasteiger partial charge < -0.3 is 19.2 Å². The zero-order valence-electron chi connectivity index (χ0n) is 21.8. The van der Waals surface area contributed by atoms with Crippen molar-refractivity contribution >= 4 is 23.3 Å². The fraction of sp³-hybridized carbons (Fsp3) is 0.696. The number of aliphatic carboxylic acids is 1. The number of rotatable bonds is 13. The van der Waals surface area contributed by atoms with Gasteiger partial charge >= 0.3 is 13.1 Å². The lowest BCUT2D eigenvalue weighted by Crippen LogP contribution is -2.46. The summed E-state index contributed by atoms with van der Waals surface area (Å²) in [6.45, 7) is 7.75. The lowest BCUT2D eigenvalue weighted by atomic mass is 9.78. The third kappa shape index (κ3) is 6.83. The monoisotopic (exact) mass is 537 g/mol. The molecule has 0 spiro atoms. The van der Waals surface area contributed by atoms with Gasteiger partial charge in [0.15, 0.2) is 5.54 Å². The molecule has 204 valence electrons. The van der Waals surface area contributed by atoms with Gasteiger partial charge in [-0.3, -0.25) is 4.79 Å². The maximum atomic E-state index is 12.9. The second-order valence-electron chi connectivity index (χ2n) is 10.5. The van der Waals surface area contributed by atoms with E-state index in [-0.39, 0.29) is 19.7 Å². The van der Waals surface area contributed by atoms with Crippen molar-refractivity contribution in [2.75, 3.05) is 26.2 Å². The van der Waals surface area contributed by atoms with Crippen molar-refractivity contribution in [2.24, 2.45) is 11.0 Å². The van der Waals surface area contributed by atoms with Crippen LogP contribution in [0.3, 0.4) is 0 Å². The number of nitrogens with one attached hydrogen (secondary N) is 1. The smallest absolute Gasteiger partial charge is 0.457 e. The van der Waals surface area contributed by atoms with E-state index < -0.39 is 52.5 Å². The van der Waals surface area contributed by atoms with Crippen molar-refractivity contribution < 1.29 is 32.4 Å². The normalized spacial score (nSPS) is 25.2. The number of nitrogens with zero attached hydrogens (tertiary/aromatic N) is 4. The van der Waals surface area contributed by atoms with E-state index in [1.54, 1.807) is 0 Å². The predicted octanol–water partition coefficient (Wildman–Crippen LogP) is 2.98. The van der Waals surface area contributed by atoms with Crippen LogP contribution in [0.4, 0.5) is 0 Å². The van der Waals surface area contributed by atoms with Gasteiger partial charge in [-0.2, -0.15) is 17.4 Å². The molecule has 37 heavy (non-hydrogen) atoms. The van der Waals surface area contributed by atoms with Gasteiger partial charge in [0, 0.05) is 24.5 Å². The maximum absolute atomic E-state index is 12.9. The van der Waals surface area contributed by atoms with E-state index in [1.165, 1.54) is 0 Å². The minimum atomic E-state index is -4.03. The van der Waals surface area contributed by atoms with Crippen molar-refractivity contribution in [3.05, 3.63) is 46.3 Å². The third-order valence-electron chi connectivity index (χ3n) is 7.39. The molecule has 2 heterocycles. The summed E-state index contributed by atoms with van der Waals surface area (Å²) in [6, 6.07) is 9.48. The Hall–Kier alpha value is -2.19. The molecule has 2 aliphatic heterocycles. The first-order chi connectivity index (χ1) is 17.3. The Morgan fingerprint density at radius 3 is 2.51 bits per heavy atom. The summed E-state index contributed by atoms with van der Waals surface area (Å²) in [5.74, 6) is -2.07. The molecular weight excluding hydrogens is 501 g/mol. The third-order valence-corrected chi connectivity index (χ3v) is 8.91. The molecule has 2 N–H and O–H groups in total. The molecule has 3 rings (SSSR count). The number of hydrogen-bond acceptors (Lipinski definition) is 7. The lowest BCUT2D eigenvalue weighted by Gasteiger charge is -2.32. The average molecular weight is 537 g/mol. The molecule has 2 saturated heterocycles. The Morgan fingerprint density at radius 1 is 1.27 bits per heavy atom. The summed E-state index contributed by atoms with van der Waals surface area (Å²) in [7, 11) is -4.48. The molecule has 2 fully saturated rings. The molecule has 0 radical (unpaired) electrons. The molecular formula is C23H36BN5O7S. The van der Waals surface area contributed by atoms with Crippen LogP contribution in [-0.2, 0) is 35.7 Å². The Morgan fingerprint density at radius 2 is 1.92 bits per heavy atom. The van der Waals surface area contributed by atoms with E-state index >= 15 is 0 Å². The Kier molecular flexibility index (Phi) is 9.28. The quantitative estimate of drug-likeness (QED) is 0.128. The van der Waals surface area contributed by atoms with Crippen molar-refractivity contribution in [2.45, 2.75) is 70.2 Å². The van der Waals surface area contributed by atoms with Crippen LogP contribution in [-0.4, -0.2) is 73.9 Å². The van der Waals surface area contributed by atoms with Gasteiger partial charge in [-0.25, -0.2) is 0 Å². The highest BCUT2D eigenvalue weighted by molar-refractivity contribution is 7.87.